The van der Waals surface area contributed by atoms with Gasteiger partial charge < -0.3 is 24.2 Å². The van der Waals surface area contributed by atoms with E-state index in [4.69, 9.17) is 47.5 Å². The van der Waals surface area contributed by atoms with Gasteiger partial charge >= 0.3 is 0 Å². The molecule has 3 aromatic carbocycles. The van der Waals surface area contributed by atoms with Crippen molar-refractivity contribution < 1.29 is 32.5 Å². The third kappa shape index (κ3) is 6.99. The fourth-order valence-corrected chi connectivity index (χ4v) is 7.02. The van der Waals surface area contributed by atoms with E-state index >= 15 is 0 Å². The molecular weight excluding hydrogens is 615 g/mol. The number of hydrogen-bond donors (Lipinski definition) is 1. The van der Waals surface area contributed by atoms with Crippen LogP contribution in [-0.2, 0) is 24.1 Å². The fourth-order valence-electron chi connectivity index (χ4n) is 5.12. The molecule has 228 valence electrons. The van der Waals surface area contributed by atoms with Crippen LogP contribution in [-0.4, -0.2) is 81.0 Å². The van der Waals surface area contributed by atoms with Crippen molar-refractivity contribution in [2.75, 3.05) is 45.3 Å². The van der Waals surface area contributed by atoms with Gasteiger partial charge in [-0.1, -0.05) is 47.5 Å². The van der Waals surface area contributed by atoms with E-state index in [0.717, 1.165) is 0 Å². The first kappa shape index (κ1) is 31.3. The van der Waals surface area contributed by atoms with Crippen LogP contribution in [0.25, 0.3) is 0 Å². The van der Waals surface area contributed by atoms with Crippen LogP contribution >= 0.6 is 23.2 Å². The number of nitrogens with zero attached hydrogens (tertiary/aromatic N) is 2. The number of aliphatic imine (C=N–C) groups is 1. The molecule has 43 heavy (non-hydrogen) atoms. The number of aliphatic hydroxyl groups excluding tert-OH is 1. The summed E-state index contributed by atoms with van der Waals surface area (Å²) in [4.78, 5) is 21.2. The van der Waals surface area contributed by atoms with Crippen LogP contribution in [0.2, 0.25) is 10.0 Å². The molecule has 0 bridgehead atoms. The maximum absolute atomic E-state index is 14.5. The van der Waals surface area contributed by atoms with Gasteiger partial charge in [-0.3, -0.25) is 4.79 Å². The maximum Gasteiger partial charge on any atom is 0.255 e. The third-order valence-corrected chi connectivity index (χ3v) is 9.70. The lowest BCUT2D eigenvalue weighted by Crippen LogP contribution is -2.54. The number of carbonyl (C=O) groups is 1. The molecular formula is C31H32Cl2N2O7S. The zero-order valence-corrected chi connectivity index (χ0v) is 25.7. The Morgan fingerprint density at radius 3 is 2.44 bits per heavy atom. The number of carbonyl (C=O) groups excluding carboxylic acids is 1. The Morgan fingerprint density at radius 1 is 1.05 bits per heavy atom. The van der Waals surface area contributed by atoms with Gasteiger partial charge in [-0.2, -0.15) is 0 Å². The second-order valence-corrected chi connectivity index (χ2v) is 13.2. The minimum absolute atomic E-state index is 0.0244. The van der Waals surface area contributed by atoms with Crippen molar-refractivity contribution in [3.63, 3.8) is 0 Å². The van der Waals surface area contributed by atoms with E-state index in [1.165, 1.54) is 12.1 Å². The van der Waals surface area contributed by atoms with Crippen molar-refractivity contribution in [2.24, 2.45) is 4.99 Å². The minimum Gasteiger partial charge on any atom is -0.494 e. The van der Waals surface area contributed by atoms with Gasteiger partial charge in [0.05, 0.1) is 30.5 Å². The van der Waals surface area contributed by atoms with E-state index in [0.29, 0.717) is 61.2 Å². The average molecular weight is 648 g/mol. The second-order valence-electron chi connectivity index (χ2n) is 10.2. The van der Waals surface area contributed by atoms with Crippen LogP contribution in [0.5, 0.6) is 5.75 Å². The van der Waals surface area contributed by atoms with Gasteiger partial charge in [-0.25, -0.2) is 13.4 Å². The molecule has 1 N–H and O–H groups in total. The Balaban J connectivity index is 1.58. The molecule has 1 fully saturated rings. The Morgan fingerprint density at radius 2 is 1.77 bits per heavy atom. The molecule has 0 radical (unpaired) electrons. The number of aliphatic hydroxyl groups is 1. The highest BCUT2D eigenvalue weighted by Crippen LogP contribution is 2.46. The summed E-state index contributed by atoms with van der Waals surface area (Å²) in [7, 11) is -3.78. The summed E-state index contributed by atoms with van der Waals surface area (Å²) in [5.41, 5.74) is -0.609. The van der Waals surface area contributed by atoms with Crippen molar-refractivity contribution in [3.8, 4) is 5.75 Å². The van der Waals surface area contributed by atoms with E-state index in [2.05, 4.69) is 0 Å². The lowest BCUT2D eigenvalue weighted by molar-refractivity contribution is -0.144. The zero-order chi connectivity index (χ0) is 30.5. The maximum atomic E-state index is 14.5. The monoisotopic (exact) mass is 646 g/mol. The number of ether oxygens (including phenoxy) is 3. The van der Waals surface area contributed by atoms with Crippen LogP contribution in [0.3, 0.4) is 0 Å². The smallest absolute Gasteiger partial charge is 0.255 e. The summed E-state index contributed by atoms with van der Waals surface area (Å²) in [5.74, 6) is 0.0513. The first-order valence-electron chi connectivity index (χ1n) is 13.9. The molecule has 0 saturated carbocycles. The predicted octanol–water partition coefficient (Wildman–Crippen LogP) is 4.73. The van der Waals surface area contributed by atoms with Crippen molar-refractivity contribution in [2.45, 2.75) is 29.4 Å². The highest BCUT2D eigenvalue weighted by atomic mass is 35.5. The Bertz CT molecular complexity index is 1560. The molecule has 1 amide bonds. The van der Waals surface area contributed by atoms with E-state index in [-0.39, 0.29) is 40.5 Å². The molecule has 12 heteroatoms. The minimum atomic E-state index is -3.78. The Kier molecular flexibility index (Phi) is 9.93. The van der Waals surface area contributed by atoms with Gasteiger partial charge in [0.2, 0.25) is 5.90 Å². The summed E-state index contributed by atoms with van der Waals surface area (Å²) in [5, 5.41) is 9.70. The first-order valence-corrected chi connectivity index (χ1v) is 16.3. The van der Waals surface area contributed by atoms with Crippen molar-refractivity contribution in [1.29, 1.82) is 0 Å². The van der Waals surface area contributed by atoms with Crippen LogP contribution in [0.4, 0.5) is 0 Å². The van der Waals surface area contributed by atoms with Crippen molar-refractivity contribution in [1.82, 2.24) is 4.90 Å². The van der Waals surface area contributed by atoms with E-state index < -0.39 is 21.5 Å². The lowest BCUT2D eigenvalue weighted by Gasteiger charge is -2.37. The van der Waals surface area contributed by atoms with Crippen molar-refractivity contribution >= 4 is 44.8 Å². The predicted molar refractivity (Wildman–Crippen MR) is 164 cm³/mol. The zero-order valence-electron chi connectivity index (χ0n) is 23.3. The number of halogens is 2. The van der Waals surface area contributed by atoms with Gasteiger partial charge in [-0.15, -0.1) is 0 Å². The molecule has 0 unspecified atom stereocenters. The van der Waals surface area contributed by atoms with Gasteiger partial charge in [0, 0.05) is 53.7 Å². The average Bonchev–Trinajstić information content (AvgIpc) is 3.41. The second kappa shape index (κ2) is 13.7. The molecule has 0 aliphatic carbocycles. The van der Waals surface area contributed by atoms with E-state index in [9.17, 15) is 13.2 Å². The molecule has 5 rings (SSSR count). The summed E-state index contributed by atoms with van der Waals surface area (Å²) in [6.45, 7) is 1.75. The molecule has 0 aromatic heterocycles. The van der Waals surface area contributed by atoms with E-state index in [1.807, 2.05) is 0 Å². The van der Waals surface area contributed by atoms with Crippen LogP contribution in [0.15, 0.2) is 82.7 Å². The Hall–Kier alpha value is -3.15. The molecule has 2 atom stereocenters. The number of morpholine rings is 1. The van der Waals surface area contributed by atoms with Crippen molar-refractivity contribution in [3.05, 3.63) is 94.0 Å². The normalized spacial score (nSPS) is 20.4. The number of amides is 1. The quantitative estimate of drug-likeness (QED) is 0.299. The number of hydrogen-bond acceptors (Lipinski definition) is 8. The largest absolute Gasteiger partial charge is 0.494 e. The van der Waals surface area contributed by atoms with Gasteiger partial charge in [0.1, 0.15) is 5.75 Å². The number of benzene rings is 3. The fraction of sp³-hybridized carbons (Fsp3) is 0.355. The highest BCUT2D eigenvalue weighted by molar-refractivity contribution is 7.91. The molecule has 2 aliphatic heterocycles. The summed E-state index contributed by atoms with van der Waals surface area (Å²) in [6, 6.07) is 20.0. The Labute approximate surface area is 260 Å². The van der Waals surface area contributed by atoms with Crippen LogP contribution in [0, 0.1) is 0 Å². The summed E-state index contributed by atoms with van der Waals surface area (Å²) in [6.07, 6.45) is -0.691. The molecule has 1 saturated heterocycles. The lowest BCUT2D eigenvalue weighted by atomic mass is 9.84. The van der Waals surface area contributed by atoms with E-state index in [1.54, 1.807) is 65.6 Å². The molecule has 2 aliphatic rings. The highest BCUT2D eigenvalue weighted by Gasteiger charge is 2.55. The molecule has 2 heterocycles. The third-order valence-electron chi connectivity index (χ3n) is 7.40. The first-order chi connectivity index (χ1) is 20.7. The topological polar surface area (TPSA) is 115 Å². The SMILES string of the molecule is O=C(N1CCOCC1)[C@]1(CCS(=O)(=O)c2ccccc2)N=C(c2ccc(OCCCO)cc2)O[C@@H]1c1ccc(Cl)cc1Cl. The van der Waals surface area contributed by atoms with Gasteiger partial charge in [0.25, 0.3) is 5.91 Å². The molecule has 0 spiro atoms. The number of rotatable bonds is 11. The standard InChI is InChI=1S/C31H32Cl2N2O7S/c32-23-9-12-26(27(33)21-23)28-31(30(37)35-14-18-40-19-15-35,13-20-43(38,39)25-5-2-1-3-6-25)34-29(42-28)22-7-10-24(11-8-22)41-17-4-16-36/h1-3,5-12,21,28,36H,4,13-20H2/t28-,31-/m1/s1. The summed E-state index contributed by atoms with van der Waals surface area (Å²) < 4.78 is 44.5. The number of sulfone groups is 1. The summed E-state index contributed by atoms with van der Waals surface area (Å²) >= 11 is 12.9. The van der Waals surface area contributed by atoms with Gasteiger partial charge in [-0.05, 0) is 48.5 Å². The molecule has 9 nitrogen and oxygen atoms in total. The molecule has 3 aromatic rings. The van der Waals surface area contributed by atoms with Gasteiger partial charge in [0.15, 0.2) is 21.5 Å². The van der Waals surface area contributed by atoms with Crippen LogP contribution < -0.4 is 4.74 Å². The van der Waals surface area contributed by atoms with Crippen LogP contribution in [0.1, 0.15) is 30.1 Å².